The van der Waals surface area contributed by atoms with Crippen molar-refractivity contribution in [3.8, 4) is 5.75 Å². The number of amides is 1. The standard InChI is InChI=1S/C19H19ClF3N3O4/c1-10(17-25-26-18(30-17)11-6-13(7-11)29-19(22)23)4-5-24-16(27)9-28-12-2-3-14(20)15(21)8-12/h2-3,8,11,13,19H,1,4-7,9H2,(H,24,27). The van der Waals surface area contributed by atoms with E-state index in [-0.39, 0.29) is 35.7 Å². The van der Waals surface area contributed by atoms with Crippen molar-refractivity contribution >= 4 is 23.1 Å². The van der Waals surface area contributed by atoms with Crippen LogP contribution < -0.4 is 10.1 Å². The van der Waals surface area contributed by atoms with Crippen LogP contribution in [0.2, 0.25) is 5.02 Å². The van der Waals surface area contributed by atoms with Crippen LogP contribution >= 0.6 is 11.6 Å². The number of alkyl halides is 2. The number of nitrogens with one attached hydrogen (secondary N) is 1. The lowest BCUT2D eigenvalue weighted by molar-refractivity contribution is -0.185. The molecule has 0 atom stereocenters. The van der Waals surface area contributed by atoms with Gasteiger partial charge in [0.15, 0.2) is 6.61 Å². The Balaban J connectivity index is 1.36. The van der Waals surface area contributed by atoms with Crippen LogP contribution in [0.3, 0.4) is 0 Å². The Morgan fingerprint density at radius 3 is 2.83 bits per heavy atom. The number of ether oxygens (including phenoxy) is 2. The summed E-state index contributed by atoms with van der Waals surface area (Å²) in [6.45, 7) is 1.02. The third-order valence-electron chi connectivity index (χ3n) is 4.49. The first-order valence-electron chi connectivity index (χ1n) is 9.11. The number of rotatable bonds is 10. The van der Waals surface area contributed by atoms with Crippen molar-refractivity contribution in [1.82, 2.24) is 15.5 Å². The molecular weight excluding hydrogens is 427 g/mol. The van der Waals surface area contributed by atoms with E-state index in [1.165, 1.54) is 12.1 Å². The predicted octanol–water partition coefficient (Wildman–Crippen LogP) is 3.95. The van der Waals surface area contributed by atoms with Gasteiger partial charge < -0.3 is 19.2 Å². The fourth-order valence-corrected chi connectivity index (χ4v) is 2.91. The van der Waals surface area contributed by atoms with Crippen LogP contribution in [0.1, 0.15) is 37.0 Å². The zero-order chi connectivity index (χ0) is 21.7. The largest absolute Gasteiger partial charge is 0.484 e. The maximum Gasteiger partial charge on any atom is 0.345 e. The zero-order valence-corrected chi connectivity index (χ0v) is 16.5. The van der Waals surface area contributed by atoms with E-state index >= 15 is 0 Å². The van der Waals surface area contributed by atoms with E-state index in [1.54, 1.807) is 0 Å². The van der Waals surface area contributed by atoms with E-state index in [9.17, 15) is 18.0 Å². The summed E-state index contributed by atoms with van der Waals surface area (Å²) in [5.74, 6) is -0.379. The summed E-state index contributed by atoms with van der Waals surface area (Å²) in [5.41, 5.74) is 0.523. The highest BCUT2D eigenvalue weighted by Crippen LogP contribution is 2.39. The van der Waals surface area contributed by atoms with Crippen molar-refractivity contribution in [2.75, 3.05) is 13.2 Å². The first-order chi connectivity index (χ1) is 14.3. The SMILES string of the molecule is C=C(CCNC(=O)COc1ccc(Cl)c(F)c1)c1nnc(C2CC(OC(F)F)C2)o1. The van der Waals surface area contributed by atoms with Crippen molar-refractivity contribution in [2.24, 2.45) is 0 Å². The van der Waals surface area contributed by atoms with E-state index in [2.05, 4.69) is 26.8 Å². The quantitative estimate of drug-likeness (QED) is 0.596. The number of aromatic nitrogens is 2. The highest BCUT2D eigenvalue weighted by molar-refractivity contribution is 6.30. The summed E-state index contributed by atoms with van der Waals surface area (Å²) in [5, 5.41) is 10.4. The number of halogens is 4. The van der Waals surface area contributed by atoms with Crippen molar-refractivity contribution in [3.05, 3.63) is 47.4 Å². The summed E-state index contributed by atoms with van der Waals surface area (Å²) >= 11 is 5.58. The second kappa shape index (κ2) is 9.94. The molecule has 1 N–H and O–H groups in total. The molecule has 30 heavy (non-hydrogen) atoms. The molecular formula is C19H19ClF3N3O4. The molecule has 1 saturated carbocycles. The maximum absolute atomic E-state index is 13.3. The molecule has 2 aromatic rings. The van der Waals surface area contributed by atoms with Crippen molar-refractivity contribution in [3.63, 3.8) is 0 Å². The molecule has 3 rings (SSSR count). The van der Waals surface area contributed by atoms with Crippen molar-refractivity contribution in [2.45, 2.75) is 37.9 Å². The molecule has 162 valence electrons. The number of carbonyl (C=O) groups is 1. The van der Waals surface area contributed by atoms with E-state index in [0.717, 1.165) is 6.07 Å². The zero-order valence-electron chi connectivity index (χ0n) is 15.7. The van der Waals surface area contributed by atoms with Crippen LogP contribution in [0.4, 0.5) is 13.2 Å². The topological polar surface area (TPSA) is 86.5 Å². The van der Waals surface area contributed by atoms with Crippen LogP contribution in [-0.2, 0) is 9.53 Å². The van der Waals surface area contributed by atoms with Gasteiger partial charge in [-0.1, -0.05) is 18.2 Å². The minimum Gasteiger partial charge on any atom is -0.484 e. The van der Waals surface area contributed by atoms with Gasteiger partial charge in [0.2, 0.25) is 11.8 Å². The van der Waals surface area contributed by atoms with Crippen molar-refractivity contribution < 1.29 is 31.9 Å². The van der Waals surface area contributed by atoms with Gasteiger partial charge in [-0.3, -0.25) is 4.79 Å². The molecule has 0 aliphatic heterocycles. The van der Waals surface area contributed by atoms with Crippen LogP contribution in [0.5, 0.6) is 5.75 Å². The molecule has 1 amide bonds. The highest BCUT2D eigenvalue weighted by atomic mass is 35.5. The molecule has 0 unspecified atom stereocenters. The summed E-state index contributed by atoms with van der Waals surface area (Å²) in [6.07, 6.45) is 0.637. The molecule has 1 heterocycles. The number of nitrogens with zero attached hydrogens (tertiary/aromatic N) is 2. The lowest BCUT2D eigenvalue weighted by atomic mass is 9.82. The van der Waals surface area contributed by atoms with Gasteiger partial charge in [-0.15, -0.1) is 10.2 Å². The fourth-order valence-electron chi connectivity index (χ4n) is 2.79. The first-order valence-corrected chi connectivity index (χ1v) is 9.49. The molecule has 0 spiro atoms. The van der Waals surface area contributed by atoms with Gasteiger partial charge in [0.25, 0.3) is 5.91 Å². The molecule has 1 aromatic heterocycles. The Kier molecular flexibility index (Phi) is 7.33. The molecule has 7 nitrogen and oxygen atoms in total. The Morgan fingerprint density at radius 1 is 1.37 bits per heavy atom. The molecule has 1 aromatic carbocycles. The van der Waals surface area contributed by atoms with Gasteiger partial charge >= 0.3 is 6.61 Å². The summed E-state index contributed by atoms with van der Waals surface area (Å²) in [4.78, 5) is 11.8. The lowest BCUT2D eigenvalue weighted by Crippen LogP contribution is -2.31. The molecule has 0 saturated heterocycles. The van der Waals surface area contributed by atoms with Gasteiger partial charge in [0, 0.05) is 24.1 Å². The molecule has 1 fully saturated rings. The second-order valence-electron chi connectivity index (χ2n) is 6.70. The fraction of sp³-hybridized carbons (Fsp3) is 0.421. The van der Waals surface area contributed by atoms with Gasteiger partial charge in [-0.05, 0) is 31.4 Å². The summed E-state index contributed by atoms with van der Waals surface area (Å²) in [7, 11) is 0. The third kappa shape index (κ3) is 5.96. The average molecular weight is 446 g/mol. The Hall–Kier alpha value is -2.59. The normalized spacial score (nSPS) is 18.2. The number of hydrogen-bond acceptors (Lipinski definition) is 6. The molecule has 0 bridgehead atoms. The van der Waals surface area contributed by atoms with Crippen LogP contribution in [0.25, 0.3) is 5.57 Å². The minimum absolute atomic E-state index is 0.0342. The van der Waals surface area contributed by atoms with Gasteiger partial charge in [-0.2, -0.15) is 8.78 Å². The number of benzene rings is 1. The van der Waals surface area contributed by atoms with Gasteiger partial charge in [-0.25, -0.2) is 4.39 Å². The number of hydrogen-bond donors (Lipinski definition) is 1. The van der Waals surface area contributed by atoms with E-state index in [1.807, 2.05) is 0 Å². The summed E-state index contributed by atoms with van der Waals surface area (Å²) < 4.78 is 52.8. The molecule has 1 aliphatic rings. The van der Waals surface area contributed by atoms with E-state index < -0.39 is 24.4 Å². The number of carbonyl (C=O) groups excluding carboxylic acids is 1. The highest BCUT2D eigenvalue weighted by Gasteiger charge is 2.36. The minimum atomic E-state index is -2.79. The van der Waals surface area contributed by atoms with Gasteiger partial charge in [0.1, 0.15) is 11.6 Å². The predicted molar refractivity (Wildman–Crippen MR) is 101 cm³/mol. The Morgan fingerprint density at radius 2 is 2.13 bits per heavy atom. The van der Waals surface area contributed by atoms with Crippen LogP contribution in [0.15, 0.2) is 29.2 Å². The molecule has 1 aliphatic carbocycles. The summed E-state index contributed by atoms with van der Waals surface area (Å²) in [6, 6.07) is 3.88. The second-order valence-corrected chi connectivity index (χ2v) is 7.11. The van der Waals surface area contributed by atoms with E-state index in [4.69, 9.17) is 20.8 Å². The Bertz CT molecular complexity index is 903. The van der Waals surface area contributed by atoms with E-state index in [0.29, 0.717) is 30.7 Å². The van der Waals surface area contributed by atoms with Crippen molar-refractivity contribution in [1.29, 1.82) is 0 Å². The smallest absolute Gasteiger partial charge is 0.345 e. The molecule has 0 radical (unpaired) electrons. The van der Waals surface area contributed by atoms with Crippen LogP contribution in [-0.4, -0.2) is 42.0 Å². The monoisotopic (exact) mass is 445 g/mol. The average Bonchev–Trinajstić information content (AvgIpc) is 3.14. The Labute approximate surface area is 175 Å². The van der Waals surface area contributed by atoms with Gasteiger partial charge in [0.05, 0.1) is 11.1 Å². The maximum atomic E-state index is 13.3. The first kappa shape index (κ1) is 22.1. The third-order valence-corrected chi connectivity index (χ3v) is 4.80. The molecule has 11 heteroatoms. The van der Waals surface area contributed by atoms with Crippen LogP contribution in [0, 0.1) is 5.82 Å². The lowest BCUT2D eigenvalue weighted by Gasteiger charge is -2.32.